The van der Waals surface area contributed by atoms with E-state index in [1.54, 1.807) is 36.5 Å². The van der Waals surface area contributed by atoms with Crippen LogP contribution >= 0.6 is 11.6 Å². The van der Waals surface area contributed by atoms with Gasteiger partial charge in [0.05, 0.1) is 16.8 Å². The summed E-state index contributed by atoms with van der Waals surface area (Å²) in [6, 6.07) is 11.9. The Hall–Kier alpha value is -2.79. The second-order valence-corrected chi connectivity index (χ2v) is 5.02. The number of benzene rings is 2. The third-order valence-electron chi connectivity index (χ3n) is 3.06. The van der Waals surface area contributed by atoms with Crippen molar-refractivity contribution in [2.45, 2.75) is 0 Å². The van der Waals surface area contributed by atoms with Crippen LogP contribution in [0.25, 0.3) is 11.5 Å². The first-order valence-electron chi connectivity index (χ1n) is 6.50. The molecule has 0 saturated heterocycles. The van der Waals surface area contributed by atoms with Crippen molar-refractivity contribution < 1.29 is 9.21 Å². The molecule has 22 heavy (non-hydrogen) atoms. The fourth-order valence-electron chi connectivity index (χ4n) is 1.98. The highest BCUT2D eigenvalue weighted by Gasteiger charge is 2.11. The van der Waals surface area contributed by atoms with E-state index < -0.39 is 0 Å². The van der Waals surface area contributed by atoms with Crippen LogP contribution in [0, 0.1) is 0 Å². The summed E-state index contributed by atoms with van der Waals surface area (Å²) in [6.07, 6.45) is 3.08. The van der Waals surface area contributed by atoms with Gasteiger partial charge in [0.15, 0.2) is 0 Å². The maximum atomic E-state index is 12.2. The molecule has 0 aliphatic heterocycles. The van der Waals surface area contributed by atoms with Crippen LogP contribution in [0.3, 0.4) is 0 Å². The molecule has 1 heterocycles. The fourth-order valence-corrected chi connectivity index (χ4v) is 2.18. The number of aromatic nitrogens is 1. The number of carbonyl (C=O) groups excluding carboxylic acids is 1. The Bertz CT molecular complexity index is 799. The first kappa shape index (κ1) is 14.2. The van der Waals surface area contributed by atoms with Crippen molar-refractivity contribution in [2.24, 2.45) is 0 Å². The predicted molar refractivity (Wildman–Crippen MR) is 85.8 cm³/mol. The summed E-state index contributed by atoms with van der Waals surface area (Å²) < 4.78 is 5.21. The SMILES string of the molecule is Nc1ccc(Cl)c(C(=O)Nc2ccc(-c3ncco3)cc2)c1. The summed E-state index contributed by atoms with van der Waals surface area (Å²) >= 11 is 6.01. The highest BCUT2D eigenvalue weighted by Crippen LogP contribution is 2.22. The van der Waals surface area contributed by atoms with Gasteiger partial charge in [0.2, 0.25) is 5.89 Å². The number of nitrogens with one attached hydrogen (secondary N) is 1. The normalized spacial score (nSPS) is 10.4. The number of carbonyl (C=O) groups is 1. The van der Waals surface area contributed by atoms with Crippen molar-refractivity contribution in [3.63, 3.8) is 0 Å². The fraction of sp³-hybridized carbons (Fsp3) is 0. The highest BCUT2D eigenvalue weighted by molar-refractivity contribution is 6.34. The van der Waals surface area contributed by atoms with E-state index in [-0.39, 0.29) is 5.91 Å². The van der Waals surface area contributed by atoms with Gasteiger partial charge in [0, 0.05) is 16.9 Å². The first-order valence-corrected chi connectivity index (χ1v) is 6.87. The lowest BCUT2D eigenvalue weighted by atomic mass is 10.1. The summed E-state index contributed by atoms with van der Waals surface area (Å²) in [5.74, 6) is 0.206. The standard InChI is InChI=1S/C16H12ClN3O2/c17-14-6-3-11(18)9-13(14)15(21)20-12-4-1-10(2-5-12)16-19-7-8-22-16/h1-9H,18H2,(H,20,21). The molecule has 0 atom stereocenters. The Morgan fingerprint density at radius 1 is 1.18 bits per heavy atom. The number of amides is 1. The molecule has 0 fully saturated rings. The molecule has 6 heteroatoms. The lowest BCUT2D eigenvalue weighted by Gasteiger charge is -2.08. The maximum Gasteiger partial charge on any atom is 0.257 e. The number of nitrogens with two attached hydrogens (primary N) is 1. The van der Waals surface area contributed by atoms with Gasteiger partial charge in [-0.2, -0.15) is 0 Å². The molecule has 0 unspecified atom stereocenters. The van der Waals surface area contributed by atoms with E-state index in [0.29, 0.717) is 27.9 Å². The third-order valence-corrected chi connectivity index (χ3v) is 3.39. The lowest BCUT2D eigenvalue weighted by Crippen LogP contribution is -2.12. The molecule has 0 saturated carbocycles. The third kappa shape index (κ3) is 2.94. The molecular weight excluding hydrogens is 302 g/mol. The Morgan fingerprint density at radius 2 is 1.95 bits per heavy atom. The number of oxazole rings is 1. The van der Waals surface area contributed by atoms with Crippen molar-refractivity contribution in [1.82, 2.24) is 4.98 Å². The average Bonchev–Trinajstić information content (AvgIpc) is 3.05. The Kier molecular flexibility index (Phi) is 3.80. The Labute approximate surface area is 131 Å². The molecule has 0 aliphatic carbocycles. The largest absolute Gasteiger partial charge is 0.445 e. The minimum atomic E-state index is -0.318. The van der Waals surface area contributed by atoms with Crippen molar-refractivity contribution in [3.05, 3.63) is 65.5 Å². The van der Waals surface area contributed by atoms with E-state index in [9.17, 15) is 4.79 Å². The summed E-state index contributed by atoms with van der Waals surface area (Å²) in [6.45, 7) is 0. The van der Waals surface area contributed by atoms with E-state index in [2.05, 4.69) is 10.3 Å². The van der Waals surface area contributed by atoms with E-state index in [1.165, 1.54) is 6.26 Å². The summed E-state index contributed by atoms with van der Waals surface area (Å²) in [7, 11) is 0. The minimum absolute atomic E-state index is 0.318. The van der Waals surface area contributed by atoms with Gasteiger partial charge in [-0.05, 0) is 42.5 Å². The van der Waals surface area contributed by atoms with Crippen LogP contribution in [0.4, 0.5) is 11.4 Å². The number of anilines is 2. The number of rotatable bonds is 3. The monoisotopic (exact) mass is 313 g/mol. The Morgan fingerprint density at radius 3 is 2.64 bits per heavy atom. The molecule has 1 amide bonds. The molecule has 3 rings (SSSR count). The van der Waals surface area contributed by atoms with Crippen LogP contribution in [0.1, 0.15) is 10.4 Å². The molecule has 1 aromatic heterocycles. The zero-order valence-corrected chi connectivity index (χ0v) is 12.2. The van der Waals surface area contributed by atoms with Crippen LogP contribution in [-0.2, 0) is 0 Å². The van der Waals surface area contributed by atoms with Crippen molar-refractivity contribution in [3.8, 4) is 11.5 Å². The lowest BCUT2D eigenvalue weighted by molar-refractivity contribution is 0.102. The van der Waals surface area contributed by atoms with Crippen LogP contribution in [0.2, 0.25) is 5.02 Å². The molecular formula is C16H12ClN3O2. The van der Waals surface area contributed by atoms with E-state index >= 15 is 0 Å². The van der Waals surface area contributed by atoms with Gasteiger partial charge in [-0.15, -0.1) is 0 Å². The van der Waals surface area contributed by atoms with E-state index in [0.717, 1.165) is 5.56 Å². The van der Waals surface area contributed by atoms with Crippen LogP contribution in [0.15, 0.2) is 59.3 Å². The molecule has 2 aromatic carbocycles. The number of nitrogens with zero attached hydrogens (tertiary/aromatic N) is 1. The quantitative estimate of drug-likeness (QED) is 0.720. The maximum absolute atomic E-state index is 12.2. The van der Waals surface area contributed by atoms with Crippen molar-refractivity contribution in [2.75, 3.05) is 11.1 Å². The molecule has 0 bridgehead atoms. The second kappa shape index (κ2) is 5.91. The number of halogens is 1. The van der Waals surface area contributed by atoms with Gasteiger partial charge in [-0.1, -0.05) is 11.6 Å². The summed E-state index contributed by atoms with van der Waals surface area (Å²) in [5, 5.41) is 3.12. The molecule has 0 spiro atoms. The van der Waals surface area contributed by atoms with Gasteiger partial charge in [0.1, 0.15) is 6.26 Å². The zero-order chi connectivity index (χ0) is 15.5. The first-order chi connectivity index (χ1) is 10.6. The molecule has 110 valence electrons. The van der Waals surface area contributed by atoms with Crippen LogP contribution in [-0.4, -0.2) is 10.9 Å². The highest BCUT2D eigenvalue weighted by atomic mass is 35.5. The molecule has 3 aromatic rings. The number of hydrogen-bond donors (Lipinski definition) is 2. The minimum Gasteiger partial charge on any atom is -0.445 e. The number of nitrogen functional groups attached to an aromatic ring is 1. The smallest absolute Gasteiger partial charge is 0.257 e. The Balaban J connectivity index is 1.78. The predicted octanol–water partition coefficient (Wildman–Crippen LogP) is 3.83. The van der Waals surface area contributed by atoms with Gasteiger partial charge in [0.25, 0.3) is 5.91 Å². The van der Waals surface area contributed by atoms with Gasteiger partial charge < -0.3 is 15.5 Å². The van der Waals surface area contributed by atoms with Gasteiger partial charge in [-0.3, -0.25) is 4.79 Å². The average molecular weight is 314 g/mol. The van der Waals surface area contributed by atoms with Crippen molar-refractivity contribution >= 4 is 28.9 Å². The second-order valence-electron chi connectivity index (χ2n) is 4.61. The van der Waals surface area contributed by atoms with Crippen molar-refractivity contribution in [1.29, 1.82) is 0 Å². The summed E-state index contributed by atoms with van der Waals surface area (Å²) in [5.41, 5.74) is 7.95. The van der Waals surface area contributed by atoms with E-state index in [1.807, 2.05) is 12.1 Å². The van der Waals surface area contributed by atoms with Gasteiger partial charge >= 0.3 is 0 Å². The molecule has 0 aliphatic rings. The zero-order valence-electron chi connectivity index (χ0n) is 11.4. The van der Waals surface area contributed by atoms with E-state index in [4.69, 9.17) is 21.8 Å². The number of hydrogen-bond acceptors (Lipinski definition) is 4. The van der Waals surface area contributed by atoms with Crippen LogP contribution in [0.5, 0.6) is 0 Å². The molecule has 0 radical (unpaired) electrons. The summed E-state index contributed by atoms with van der Waals surface area (Å²) in [4.78, 5) is 16.3. The molecule has 5 nitrogen and oxygen atoms in total. The molecule has 3 N–H and O–H groups in total. The van der Waals surface area contributed by atoms with Crippen LogP contribution < -0.4 is 11.1 Å². The van der Waals surface area contributed by atoms with Gasteiger partial charge in [-0.25, -0.2) is 4.98 Å². The topological polar surface area (TPSA) is 81.2 Å².